The zero-order valence-electron chi connectivity index (χ0n) is 20.6. The van der Waals surface area contributed by atoms with E-state index in [9.17, 15) is 9.18 Å². The summed E-state index contributed by atoms with van der Waals surface area (Å²) in [5.41, 5.74) is 11.9. The van der Waals surface area contributed by atoms with Gasteiger partial charge < -0.3 is 15.5 Å². The van der Waals surface area contributed by atoms with E-state index in [0.717, 1.165) is 35.1 Å². The molecule has 3 aromatic heterocycles. The van der Waals surface area contributed by atoms with Crippen molar-refractivity contribution >= 4 is 28.3 Å². The minimum Gasteiger partial charge on any atom is -0.381 e. The highest BCUT2D eigenvalue weighted by molar-refractivity contribution is 5.95. The van der Waals surface area contributed by atoms with Crippen molar-refractivity contribution in [1.82, 2.24) is 29.2 Å². The number of aryl methyl sites for hydroxylation is 1. The first-order valence-corrected chi connectivity index (χ1v) is 12.2. The lowest BCUT2D eigenvalue weighted by Crippen LogP contribution is -2.47. The van der Waals surface area contributed by atoms with Gasteiger partial charge in [-0.25, -0.2) is 14.4 Å². The number of hydrogen-bond donors (Lipinski definition) is 1. The third kappa shape index (κ3) is 4.07. The molecule has 2 N–H and O–H groups in total. The van der Waals surface area contributed by atoms with Crippen molar-refractivity contribution < 1.29 is 9.18 Å². The zero-order valence-corrected chi connectivity index (χ0v) is 20.6. The van der Waals surface area contributed by atoms with Crippen molar-refractivity contribution in [3.05, 3.63) is 78.0 Å². The number of piperazine rings is 1. The van der Waals surface area contributed by atoms with Crippen LogP contribution in [0.2, 0.25) is 0 Å². The smallest absolute Gasteiger partial charge is 0.274 e. The van der Waals surface area contributed by atoms with Gasteiger partial charge in [0, 0.05) is 55.1 Å². The summed E-state index contributed by atoms with van der Waals surface area (Å²) in [6.45, 7) is 4.94. The molecule has 1 aliphatic heterocycles. The second kappa shape index (κ2) is 8.94. The van der Waals surface area contributed by atoms with Crippen LogP contribution in [0.15, 0.2) is 60.9 Å². The predicted molar refractivity (Wildman–Crippen MR) is 142 cm³/mol. The predicted octanol–water partition coefficient (Wildman–Crippen LogP) is 4.03. The number of pyridine rings is 1. The number of nitrogens with zero attached hydrogens (tertiary/aromatic N) is 6. The third-order valence-corrected chi connectivity index (χ3v) is 6.99. The molecule has 0 saturated carbocycles. The van der Waals surface area contributed by atoms with Gasteiger partial charge in [-0.05, 0) is 62.0 Å². The third-order valence-electron chi connectivity index (χ3n) is 6.99. The van der Waals surface area contributed by atoms with Crippen LogP contribution in [0.3, 0.4) is 0 Å². The van der Waals surface area contributed by atoms with Gasteiger partial charge in [0.05, 0.1) is 16.9 Å². The molecule has 1 amide bonds. The first-order chi connectivity index (χ1) is 17.9. The van der Waals surface area contributed by atoms with Crippen molar-refractivity contribution in [3.8, 4) is 22.5 Å². The Bertz CT molecular complexity index is 1650. The van der Waals surface area contributed by atoms with Gasteiger partial charge in [0.25, 0.3) is 5.91 Å². The number of rotatable bonds is 3. The number of benzene rings is 2. The number of imidazole rings is 1. The number of halogens is 1. The monoisotopic (exact) mass is 495 g/mol. The maximum atomic E-state index is 13.8. The minimum atomic E-state index is -0.338. The topological polar surface area (TPSA) is 92.6 Å². The molecule has 1 aliphatic rings. The molecule has 0 spiro atoms. The van der Waals surface area contributed by atoms with Gasteiger partial charge in [-0.2, -0.15) is 0 Å². The largest absolute Gasteiger partial charge is 0.381 e. The lowest BCUT2D eigenvalue weighted by Gasteiger charge is -2.31. The molecule has 2 aromatic carbocycles. The molecule has 0 radical (unpaired) electrons. The number of nitrogens with two attached hydrogens (primary N) is 1. The molecular weight excluding hydrogens is 469 g/mol. The van der Waals surface area contributed by atoms with Gasteiger partial charge in [0.15, 0.2) is 11.5 Å². The molecule has 0 bridgehead atoms. The molecule has 0 atom stereocenters. The molecule has 1 fully saturated rings. The molecule has 9 heteroatoms. The van der Waals surface area contributed by atoms with Crippen LogP contribution in [0.25, 0.3) is 39.1 Å². The SMILES string of the molecule is Cc1ccnc2ccc(-c3c(-c4ccc(F)cc4)nc(N)c4nc(C(=O)N5CCN(C)CC5)cn34)cc12. The maximum absolute atomic E-state index is 13.8. The Balaban J connectivity index is 1.58. The average Bonchev–Trinajstić information content (AvgIpc) is 3.35. The van der Waals surface area contributed by atoms with Crippen molar-refractivity contribution in [3.63, 3.8) is 0 Å². The fourth-order valence-corrected chi connectivity index (χ4v) is 4.86. The number of amides is 1. The van der Waals surface area contributed by atoms with E-state index in [1.54, 1.807) is 24.5 Å². The highest BCUT2D eigenvalue weighted by Crippen LogP contribution is 2.35. The first-order valence-electron chi connectivity index (χ1n) is 12.2. The summed E-state index contributed by atoms with van der Waals surface area (Å²) in [4.78, 5) is 31.2. The molecule has 5 aromatic rings. The lowest BCUT2D eigenvalue weighted by molar-refractivity contribution is 0.0659. The number of nitrogen functional groups attached to an aromatic ring is 1. The summed E-state index contributed by atoms with van der Waals surface area (Å²) < 4.78 is 15.6. The van der Waals surface area contributed by atoms with Gasteiger partial charge in [-0.15, -0.1) is 0 Å². The van der Waals surface area contributed by atoms with Crippen LogP contribution in [0.5, 0.6) is 0 Å². The molecule has 0 aliphatic carbocycles. The second-order valence-electron chi connectivity index (χ2n) is 9.48. The zero-order chi connectivity index (χ0) is 25.7. The van der Waals surface area contributed by atoms with Crippen LogP contribution in [-0.2, 0) is 0 Å². The van der Waals surface area contributed by atoms with E-state index >= 15 is 0 Å². The number of carbonyl (C=O) groups is 1. The Kier molecular flexibility index (Phi) is 5.57. The standard InChI is InChI=1S/C28H26FN7O/c1-17-9-10-31-22-8-5-19(15-21(17)22)25-24(18-3-6-20(29)7-4-18)33-26(30)27-32-23(16-36(25)27)28(37)35-13-11-34(2)12-14-35/h3-10,15-16H,11-14H2,1-2H3,(H2,30,33). The quantitative estimate of drug-likeness (QED) is 0.406. The van der Waals surface area contributed by atoms with Gasteiger partial charge in [0.2, 0.25) is 0 Å². The van der Waals surface area contributed by atoms with E-state index in [1.165, 1.54) is 12.1 Å². The maximum Gasteiger partial charge on any atom is 0.274 e. The van der Waals surface area contributed by atoms with E-state index in [4.69, 9.17) is 10.7 Å². The van der Waals surface area contributed by atoms with Gasteiger partial charge in [-0.1, -0.05) is 6.07 Å². The molecule has 4 heterocycles. The van der Waals surface area contributed by atoms with Crippen molar-refractivity contribution in [2.75, 3.05) is 39.0 Å². The molecule has 37 heavy (non-hydrogen) atoms. The molecule has 6 rings (SSSR count). The van der Waals surface area contributed by atoms with Crippen molar-refractivity contribution in [2.24, 2.45) is 0 Å². The number of anilines is 1. The van der Waals surface area contributed by atoms with E-state index in [-0.39, 0.29) is 17.5 Å². The summed E-state index contributed by atoms with van der Waals surface area (Å²) in [7, 11) is 2.04. The highest BCUT2D eigenvalue weighted by Gasteiger charge is 2.25. The summed E-state index contributed by atoms with van der Waals surface area (Å²) in [6.07, 6.45) is 3.52. The van der Waals surface area contributed by atoms with Crippen LogP contribution >= 0.6 is 0 Å². The number of likely N-dealkylation sites (N-methyl/N-ethyl adjacent to an activating group) is 1. The van der Waals surface area contributed by atoms with Gasteiger partial charge in [0.1, 0.15) is 11.5 Å². The van der Waals surface area contributed by atoms with Crippen molar-refractivity contribution in [2.45, 2.75) is 6.92 Å². The minimum absolute atomic E-state index is 0.135. The summed E-state index contributed by atoms with van der Waals surface area (Å²) in [5, 5.41) is 1.00. The van der Waals surface area contributed by atoms with Gasteiger partial charge in [-0.3, -0.25) is 14.2 Å². The Labute approximate surface area is 213 Å². The van der Waals surface area contributed by atoms with E-state index < -0.39 is 0 Å². The first kappa shape index (κ1) is 23.1. The number of carbonyl (C=O) groups excluding carboxylic acids is 1. The number of aromatic nitrogens is 4. The molecule has 186 valence electrons. The summed E-state index contributed by atoms with van der Waals surface area (Å²) in [6, 6.07) is 14.1. The molecule has 8 nitrogen and oxygen atoms in total. The van der Waals surface area contributed by atoms with Crippen molar-refractivity contribution in [1.29, 1.82) is 0 Å². The van der Waals surface area contributed by atoms with Crippen LogP contribution in [0, 0.1) is 12.7 Å². The van der Waals surface area contributed by atoms with Crippen LogP contribution in [0.4, 0.5) is 10.2 Å². The average molecular weight is 496 g/mol. The Morgan fingerprint density at radius 1 is 0.973 bits per heavy atom. The molecule has 0 unspecified atom stereocenters. The molecule has 1 saturated heterocycles. The lowest BCUT2D eigenvalue weighted by atomic mass is 10.0. The molecular formula is C28H26FN7O. The highest BCUT2D eigenvalue weighted by atomic mass is 19.1. The Hall–Kier alpha value is -4.37. The van der Waals surface area contributed by atoms with Gasteiger partial charge >= 0.3 is 0 Å². The van der Waals surface area contributed by atoms with Crippen LogP contribution < -0.4 is 5.73 Å². The van der Waals surface area contributed by atoms with E-state index in [1.807, 2.05) is 41.5 Å². The number of hydrogen-bond acceptors (Lipinski definition) is 6. The normalized spacial score (nSPS) is 14.5. The Morgan fingerprint density at radius 3 is 2.46 bits per heavy atom. The summed E-state index contributed by atoms with van der Waals surface area (Å²) in [5.74, 6) is -0.280. The second-order valence-corrected chi connectivity index (χ2v) is 9.48. The van der Waals surface area contributed by atoms with Crippen LogP contribution in [0.1, 0.15) is 16.1 Å². The summed E-state index contributed by atoms with van der Waals surface area (Å²) >= 11 is 0. The van der Waals surface area contributed by atoms with Crippen LogP contribution in [-0.4, -0.2) is 68.3 Å². The van der Waals surface area contributed by atoms with E-state index in [2.05, 4.69) is 20.9 Å². The Morgan fingerprint density at radius 2 is 1.70 bits per heavy atom. The number of fused-ring (bicyclic) bond motifs is 2. The van der Waals surface area contributed by atoms with E-state index in [0.29, 0.717) is 41.4 Å². The fraction of sp³-hybridized carbons (Fsp3) is 0.214. The fourth-order valence-electron chi connectivity index (χ4n) is 4.86.